The number of alkyl carbamates (subject to hydrolysis) is 1. The largest absolute Gasteiger partial charge is 0.453 e. The van der Waals surface area contributed by atoms with E-state index in [1.54, 1.807) is 0 Å². The quantitative estimate of drug-likeness (QED) is 0.417. The van der Waals surface area contributed by atoms with Crippen LogP contribution in [0.4, 0.5) is 4.79 Å². The minimum absolute atomic E-state index is 0.407. The molecule has 0 aromatic heterocycles. The zero-order chi connectivity index (χ0) is 7.11. The SMILES string of the molecule is CCNCNC(=O)OC. The van der Waals surface area contributed by atoms with Gasteiger partial charge in [0.15, 0.2) is 0 Å². The van der Waals surface area contributed by atoms with Gasteiger partial charge in [-0.1, -0.05) is 6.92 Å². The third-order valence-electron chi connectivity index (χ3n) is 0.793. The highest BCUT2D eigenvalue weighted by atomic mass is 16.5. The molecule has 0 fully saturated rings. The lowest BCUT2D eigenvalue weighted by Crippen LogP contribution is -2.33. The van der Waals surface area contributed by atoms with Crippen molar-refractivity contribution in [3.8, 4) is 0 Å². The van der Waals surface area contributed by atoms with Gasteiger partial charge in [-0.3, -0.25) is 0 Å². The summed E-state index contributed by atoms with van der Waals surface area (Å²) >= 11 is 0. The average molecular weight is 132 g/mol. The van der Waals surface area contributed by atoms with E-state index in [0.717, 1.165) is 6.54 Å². The summed E-state index contributed by atoms with van der Waals surface area (Å²) < 4.78 is 4.31. The van der Waals surface area contributed by atoms with Gasteiger partial charge in [-0.25, -0.2) is 4.79 Å². The highest BCUT2D eigenvalue weighted by molar-refractivity contribution is 5.66. The third kappa shape index (κ3) is 5.10. The van der Waals surface area contributed by atoms with Crippen LogP contribution in [0.5, 0.6) is 0 Å². The molecule has 54 valence electrons. The molecule has 0 aromatic rings. The fourth-order valence-corrected chi connectivity index (χ4v) is 0.332. The van der Waals surface area contributed by atoms with Crippen LogP contribution in [-0.2, 0) is 4.74 Å². The van der Waals surface area contributed by atoms with E-state index in [2.05, 4.69) is 15.4 Å². The number of carbonyl (C=O) groups is 1. The zero-order valence-electron chi connectivity index (χ0n) is 5.73. The first-order valence-electron chi connectivity index (χ1n) is 2.83. The summed E-state index contributed by atoms with van der Waals surface area (Å²) in [5, 5.41) is 5.36. The summed E-state index contributed by atoms with van der Waals surface area (Å²) in [4.78, 5) is 10.3. The molecule has 0 aliphatic heterocycles. The maximum absolute atomic E-state index is 10.3. The van der Waals surface area contributed by atoms with Crippen molar-refractivity contribution in [1.29, 1.82) is 0 Å². The minimum atomic E-state index is -0.407. The number of methoxy groups -OCH3 is 1. The van der Waals surface area contributed by atoms with E-state index in [1.165, 1.54) is 7.11 Å². The Labute approximate surface area is 54.6 Å². The Bertz CT molecular complexity index is 85.0. The van der Waals surface area contributed by atoms with E-state index in [-0.39, 0.29) is 0 Å². The van der Waals surface area contributed by atoms with E-state index in [4.69, 9.17) is 0 Å². The van der Waals surface area contributed by atoms with Crippen molar-refractivity contribution in [2.24, 2.45) is 0 Å². The topological polar surface area (TPSA) is 50.4 Å². The predicted molar refractivity (Wildman–Crippen MR) is 34.1 cm³/mol. The first kappa shape index (κ1) is 8.23. The van der Waals surface area contributed by atoms with Crippen LogP contribution in [0.25, 0.3) is 0 Å². The fraction of sp³-hybridized carbons (Fsp3) is 0.800. The lowest BCUT2D eigenvalue weighted by Gasteiger charge is -2.01. The number of hydrogen-bond donors (Lipinski definition) is 2. The Hall–Kier alpha value is -0.770. The van der Waals surface area contributed by atoms with Crippen molar-refractivity contribution in [3.05, 3.63) is 0 Å². The molecule has 1 amide bonds. The molecule has 4 heteroatoms. The van der Waals surface area contributed by atoms with Crippen molar-refractivity contribution in [1.82, 2.24) is 10.6 Å². The lowest BCUT2D eigenvalue weighted by atomic mass is 10.7. The van der Waals surface area contributed by atoms with Gasteiger partial charge in [0.2, 0.25) is 0 Å². The van der Waals surface area contributed by atoms with Gasteiger partial charge in [0.1, 0.15) is 0 Å². The number of ether oxygens (including phenoxy) is 1. The molecule has 0 unspecified atom stereocenters. The van der Waals surface area contributed by atoms with Crippen molar-refractivity contribution in [3.63, 3.8) is 0 Å². The molecule has 0 aliphatic carbocycles. The second kappa shape index (κ2) is 5.37. The minimum Gasteiger partial charge on any atom is -0.453 e. The van der Waals surface area contributed by atoms with Gasteiger partial charge in [-0.05, 0) is 6.54 Å². The van der Waals surface area contributed by atoms with Gasteiger partial charge >= 0.3 is 6.09 Å². The second-order valence-electron chi connectivity index (χ2n) is 1.45. The molecule has 0 bridgehead atoms. The Morgan fingerprint density at radius 3 is 2.78 bits per heavy atom. The van der Waals surface area contributed by atoms with Crippen LogP contribution in [0, 0.1) is 0 Å². The molecular weight excluding hydrogens is 120 g/mol. The maximum Gasteiger partial charge on any atom is 0.407 e. The number of carbonyl (C=O) groups excluding carboxylic acids is 1. The Kier molecular flexibility index (Phi) is 4.91. The van der Waals surface area contributed by atoms with Gasteiger partial charge in [-0.15, -0.1) is 0 Å². The average Bonchev–Trinajstić information content (AvgIpc) is 1.89. The summed E-state index contributed by atoms with van der Waals surface area (Å²) in [5.74, 6) is 0. The molecule has 0 aromatic carbocycles. The molecule has 2 N–H and O–H groups in total. The van der Waals surface area contributed by atoms with Crippen molar-refractivity contribution < 1.29 is 9.53 Å². The first-order chi connectivity index (χ1) is 4.31. The highest BCUT2D eigenvalue weighted by Gasteiger charge is 1.92. The Morgan fingerprint density at radius 2 is 2.33 bits per heavy atom. The molecule has 0 saturated heterocycles. The van der Waals surface area contributed by atoms with Crippen molar-refractivity contribution in [2.75, 3.05) is 20.3 Å². The van der Waals surface area contributed by atoms with Crippen LogP contribution in [-0.4, -0.2) is 26.4 Å². The Balaban J connectivity index is 2.97. The Morgan fingerprint density at radius 1 is 1.67 bits per heavy atom. The van der Waals surface area contributed by atoms with Crippen LogP contribution in [0.2, 0.25) is 0 Å². The zero-order valence-corrected chi connectivity index (χ0v) is 5.73. The van der Waals surface area contributed by atoms with E-state index in [9.17, 15) is 4.79 Å². The van der Waals surface area contributed by atoms with Gasteiger partial charge in [0, 0.05) is 0 Å². The molecule has 9 heavy (non-hydrogen) atoms. The molecule has 0 rings (SSSR count). The molecule has 0 radical (unpaired) electrons. The van der Waals surface area contributed by atoms with Gasteiger partial charge in [-0.2, -0.15) is 0 Å². The van der Waals surface area contributed by atoms with E-state index < -0.39 is 6.09 Å². The molecular formula is C5H12N2O2. The number of rotatable bonds is 3. The van der Waals surface area contributed by atoms with Crippen molar-refractivity contribution in [2.45, 2.75) is 6.92 Å². The highest BCUT2D eigenvalue weighted by Crippen LogP contribution is 1.66. The van der Waals surface area contributed by atoms with Gasteiger partial charge < -0.3 is 15.4 Å². The third-order valence-corrected chi connectivity index (χ3v) is 0.793. The summed E-state index contributed by atoms with van der Waals surface area (Å²) in [6.45, 7) is 3.26. The standard InChI is InChI=1S/C5H12N2O2/c1-3-6-4-7-5(8)9-2/h6H,3-4H2,1-2H3,(H,7,8). The normalized spacial score (nSPS) is 8.67. The predicted octanol–water partition coefficient (Wildman–Crippen LogP) is -0.0906. The van der Waals surface area contributed by atoms with E-state index in [1.807, 2.05) is 6.92 Å². The van der Waals surface area contributed by atoms with Crippen LogP contribution in [0.3, 0.4) is 0 Å². The fourth-order valence-electron chi connectivity index (χ4n) is 0.332. The number of nitrogens with one attached hydrogen (secondary N) is 2. The molecule has 0 aliphatic rings. The van der Waals surface area contributed by atoms with Crippen LogP contribution < -0.4 is 10.6 Å². The second-order valence-corrected chi connectivity index (χ2v) is 1.45. The molecule has 0 spiro atoms. The molecule has 0 heterocycles. The van der Waals surface area contributed by atoms with Crippen LogP contribution >= 0.6 is 0 Å². The first-order valence-corrected chi connectivity index (χ1v) is 2.83. The summed E-state index contributed by atoms with van der Waals surface area (Å²) in [6, 6.07) is 0. The molecule has 0 atom stereocenters. The van der Waals surface area contributed by atoms with E-state index in [0.29, 0.717) is 6.67 Å². The van der Waals surface area contributed by atoms with Gasteiger partial charge in [0.05, 0.1) is 13.8 Å². The van der Waals surface area contributed by atoms with Crippen LogP contribution in [0.15, 0.2) is 0 Å². The smallest absolute Gasteiger partial charge is 0.407 e. The van der Waals surface area contributed by atoms with E-state index >= 15 is 0 Å². The monoisotopic (exact) mass is 132 g/mol. The number of amides is 1. The summed E-state index contributed by atoms with van der Waals surface area (Å²) in [7, 11) is 1.33. The van der Waals surface area contributed by atoms with Crippen molar-refractivity contribution >= 4 is 6.09 Å². The number of hydrogen-bond acceptors (Lipinski definition) is 3. The molecule has 4 nitrogen and oxygen atoms in total. The lowest BCUT2D eigenvalue weighted by molar-refractivity contribution is 0.170. The summed E-state index contributed by atoms with van der Waals surface area (Å²) in [6.07, 6.45) is -0.407. The van der Waals surface area contributed by atoms with Crippen LogP contribution in [0.1, 0.15) is 6.92 Å². The summed E-state index contributed by atoms with van der Waals surface area (Å²) in [5.41, 5.74) is 0. The van der Waals surface area contributed by atoms with Gasteiger partial charge in [0.25, 0.3) is 0 Å². The maximum atomic E-state index is 10.3. The molecule has 0 saturated carbocycles.